The molecule has 0 radical (unpaired) electrons. The lowest BCUT2D eigenvalue weighted by Crippen LogP contribution is -2.56. The molecule has 2 aromatic heterocycles. The van der Waals surface area contributed by atoms with Crippen LogP contribution in [0.5, 0.6) is 5.75 Å². The molecule has 3 aromatic rings. The number of likely N-dealkylation sites (tertiary alicyclic amines) is 1. The van der Waals surface area contributed by atoms with E-state index in [-0.39, 0.29) is 17.6 Å². The van der Waals surface area contributed by atoms with Gasteiger partial charge in [-0.25, -0.2) is 0 Å². The Hall–Kier alpha value is -3.02. The van der Waals surface area contributed by atoms with Crippen LogP contribution in [-0.2, 0) is 7.05 Å². The topological polar surface area (TPSA) is 64.7 Å². The van der Waals surface area contributed by atoms with Gasteiger partial charge in [-0.1, -0.05) is 18.2 Å². The van der Waals surface area contributed by atoms with Crippen LogP contribution in [0, 0.1) is 6.92 Å². The first kappa shape index (κ1) is 15.5. The minimum absolute atomic E-state index is 0.107. The van der Waals surface area contributed by atoms with Crippen molar-refractivity contribution in [2.24, 2.45) is 7.05 Å². The van der Waals surface area contributed by atoms with Crippen molar-refractivity contribution < 1.29 is 13.9 Å². The predicted molar refractivity (Wildman–Crippen MR) is 93.0 cm³/mol. The van der Waals surface area contributed by atoms with E-state index in [1.807, 2.05) is 37.3 Å². The molecule has 25 heavy (non-hydrogen) atoms. The molecule has 0 aliphatic carbocycles. The number of hydrogen-bond acceptors (Lipinski definition) is 4. The molecule has 1 aromatic carbocycles. The summed E-state index contributed by atoms with van der Waals surface area (Å²) in [6.45, 7) is 2.81. The first-order valence-electron chi connectivity index (χ1n) is 8.13. The Morgan fingerprint density at radius 2 is 1.96 bits per heavy atom. The number of aromatic nitrogens is 1. The van der Waals surface area contributed by atoms with E-state index in [1.54, 1.807) is 22.6 Å². The van der Waals surface area contributed by atoms with Crippen molar-refractivity contribution in [2.45, 2.75) is 13.0 Å². The third kappa shape index (κ3) is 2.80. The zero-order chi connectivity index (χ0) is 17.6. The number of furan rings is 1. The first-order chi connectivity index (χ1) is 12.0. The van der Waals surface area contributed by atoms with Gasteiger partial charge in [0.2, 0.25) is 0 Å². The number of benzene rings is 1. The van der Waals surface area contributed by atoms with Gasteiger partial charge >= 0.3 is 0 Å². The molecule has 1 amide bonds. The molecule has 3 heterocycles. The fourth-order valence-electron chi connectivity index (χ4n) is 2.92. The average Bonchev–Trinajstić information content (AvgIpc) is 2.99. The zero-order valence-corrected chi connectivity index (χ0v) is 14.1. The number of nitrogens with zero attached hydrogens (tertiary/aromatic N) is 2. The van der Waals surface area contributed by atoms with E-state index in [2.05, 4.69) is 0 Å². The van der Waals surface area contributed by atoms with Crippen LogP contribution in [0.3, 0.4) is 0 Å². The molecule has 6 heteroatoms. The number of amides is 1. The molecule has 128 valence electrons. The fraction of sp³-hybridized carbons (Fsp3) is 0.263. The van der Waals surface area contributed by atoms with Crippen LogP contribution in [0.15, 0.2) is 51.7 Å². The Balaban J connectivity index is 1.41. The van der Waals surface area contributed by atoms with Crippen LogP contribution in [0.4, 0.5) is 0 Å². The van der Waals surface area contributed by atoms with Crippen molar-refractivity contribution >= 4 is 16.9 Å². The van der Waals surface area contributed by atoms with Crippen molar-refractivity contribution in [3.63, 3.8) is 0 Å². The molecule has 0 spiro atoms. The van der Waals surface area contributed by atoms with Crippen LogP contribution in [-0.4, -0.2) is 34.6 Å². The number of carbonyl (C=O) groups is 1. The van der Waals surface area contributed by atoms with Crippen LogP contribution in [0.1, 0.15) is 16.2 Å². The molecular formula is C19H18N2O4. The maximum absolute atomic E-state index is 12.5. The van der Waals surface area contributed by atoms with Gasteiger partial charge in [0.15, 0.2) is 5.76 Å². The Kier molecular flexibility index (Phi) is 3.60. The molecule has 1 fully saturated rings. The van der Waals surface area contributed by atoms with E-state index < -0.39 is 0 Å². The number of hydrogen-bond donors (Lipinski definition) is 0. The highest BCUT2D eigenvalue weighted by atomic mass is 16.5. The molecule has 0 unspecified atom stereocenters. The third-order valence-electron chi connectivity index (χ3n) is 4.55. The normalized spacial score (nSPS) is 14.6. The Bertz CT molecular complexity index is 979. The number of aryl methyl sites for hydroxylation is 1. The van der Waals surface area contributed by atoms with Gasteiger partial charge in [0, 0.05) is 24.2 Å². The number of rotatable bonds is 3. The minimum Gasteiger partial charge on any atom is -0.486 e. The second-order valence-corrected chi connectivity index (χ2v) is 6.33. The van der Waals surface area contributed by atoms with Gasteiger partial charge in [-0.15, -0.1) is 0 Å². The predicted octanol–water partition coefficient (Wildman–Crippen LogP) is 2.34. The van der Waals surface area contributed by atoms with Crippen LogP contribution >= 0.6 is 0 Å². The summed E-state index contributed by atoms with van der Waals surface area (Å²) >= 11 is 0. The standard InChI is InChI=1S/C19H18N2O4/c1-12-7-14(9-18(22)20(12)2)24-15-10-21(11-15)19(23)17-8-13-5-3-4-6-16(13)25-17/h3-9,15H,10-11H2,1-2H3. The van der Waals surface area contributed by atoms with Crippen LogP contribution < -0.4 is 10.3 Å². The van der Waals surface area contributed by atoms with E-state index in [4.69, 9.17) is 9.15 Å². The molecule has 0 saturated carbocycles. The highest BCUT2D eigenvalue weighted by Gasteiger charge is 2.34. The molecule has 0 bridgehead atoms. The van der Waals surface area contributed by atoms with E-state index >= 15 is 0 Å². The monoisotopic (exact) mass is 338 g/mol. The van der Waals surface area contributed by atoms with Gasteiger partial charge in [-0.05, 0) is 25.1 Å². The van der Waals surface area contributed by atoms with Crippen molar-refractivity contribution in [1.82, 2.24) is 9.47 Å². The minimum atomic E-state index is -0.142. The van der Waals surface area contributed by atoms with Crippen LogP contribution in [0.2, 0.25) is 0 Å². The van der Waals surface area contributed by atoms with Crippen molar-refractivity contribution in [3.05, 3.63) is 64.3 Å². The third-order valence-corrected chi connectivity index (χ3v) is 4.55. The van der Waals surface area contributed by atoms with Gasteiger partial charge in [0.05, 0.1) is 13.1 Å². The Labute approximate surface area is 144 Å². The lowest BCUT2D eigenvalue weighted by Gasteiger charge is -2.38. The number of pyridine rings is 1. The van der Waals surface area contributed by atoms with Gasteiger partial charge in [-0.3, -0.25) is 9.59 Å². The lowest BCUT2D eigenvalue weighted by molar-refractivity contribution is 0.0155. The summed E-state index contributed by atoms with van der Waals surface area (Å²) in [6.07, 6.45) is -0.111. The maximum Gasteiger partial charge on any atom is 0.289 e. The average molecular weight is 338 g/mol. The summed E-state index contributed by atoms with van der Waals surface area (Å²) in [5.74, 6) is 0.738. The first-order valence-corrected chi connectivity index (χ1v) is 8.13. The van der Waals surface area contributed by atoms with Crippen molar-refractivity contribution in [2.75, 3.05) is 13.1 Å². The number of para-hydroxylation sites is 1. The molecule has 1 aliphatic heterocycles. The summed E-state index contributed by atoms with van der Waals surface area (Å²) in [4.78, 5) is 25.9. The number of ether oxygens (including phenoxy) is 1. The van der Waals surface area contributed by atoms with Crippen LogP contribution in [0.25, 0.3) is 11.0 Å². The van der Waals surface area contributed by atoms with Gasteiger partial charge in [0.1, 0.15) is 17.4 Å². The Morgan fingerprint density at radius 1 is 1.20 bits per heavy atom. The molecule has 4 rings (SSSR count). The number of carbonyl (C=O) groups excluding carboxylic acids is 1. The summed E-state index contributed by atoms with van der Waals surface area (Å²) in [6, 6.07) is 12.6. The van der Waals surface area contributed by atoms with Crippen molar-refractivity contribution in [3.8, 4) is 5.75 Å². The zero-order valence-electron chi connectivity index (χ0n) is 14.1. The van der Waals surface area contributed by atoms with E-state index in [0.29, 0.717) is 30.2 Å². The second-order valence-electron chi connectivity index (χ2n) is 6.33. The Morgan fingerprint density at radius 3 is 2.68 bits per heavy atom. The van der Waals surface area contributed by atoms with Gasteiger partial charge < -0.3 is 18.6 Å². The molecular weight excluding hydrogens is 320 g/mol. The maximum atomic E-state index is 12.5. The number of fused-ring (bicyclic) bond motifs is 1. The molecule has 0 N–H and O–H groups in total. The van der Waals surface area contributed by atoms with E-state index in [1.165, 1.54) is 6.07 Å². The lowest BCUT2D eigenvalue weighted by atomic mass is 10.1. The highest BCUT2D eigenvalue weighted by Crippen LogP contribution is 2.23. The van der Waals surface area contributed by atoms with Gasteiger partial charge in [-0.2, -0.15) is 0 Å². The largest absolute Gasteiger partial charge is 0.486 e. The highest BCUT2D eigenvalue weighted by molar-refractivity contribution is 5.96. The fourth-order valence-corrected chi connectivity index (χ4v) is 2.92. The SMILES string of the molecule is Cc1cc(OC2CN(C(=O)c3cc4ccccc4o3)C2)cc(=O)n1C. The molecule has 1 saturated heterocycles. The van der Waals surface area contributed by atoms with E-state index in [0.717, 1.165) is 11.1 Å². The second kappa shape index (κ2) is 5.81. The quantitative estimate of drug-likeness (QED) is 0.735. The van der Waals surface area contributed by atoms with Crippen molar-refractivity contribution in [1.29, 1.82) is 0 Å². The molecule has 1 aliphatic rings. The van der Waals surface area contributed by atoms with E-state index in [9.17, 15) is 9.59 Å². The molecule has 0 atom stereocenters. The smallest absolute Gasteiger partial charge is 0.289 e. The summed E-state index contributed by atoms with van der Waals surface area (Å²) < 4.78 is 13.0. The molecule has 6 nitrogen and oxygen atoms in total. The summed E-state index contributed by atoms with van der Waals surface area (Å²) in [5, 5.41) is 0.912. The summed E-state index contributed by atoms with van der Waals surface area (Å²) in [5.41, 5.74) is 1.43. The van der Waals surface area contributed by atoms with Gasteiger partial charge in [0.25, 0.3) is 11.5 Å². The summed E-state index contributed by atoms with van der Waals surface area (Å²) in [7, 11) is 1.72.